The number of hydrogen-bond acceptors (Lipinski definition) is 2. The number of amides is 1. The number of carbonyl (C=O) groups excluding carboxylic acids is 1. The molecule has 1 amide bonds. The topological polar surface area (TPSA) is 32.3 Å². The average molecular weight is 264 g/mol. The molecule has 98 valence electrons. The van der Waals surface area contributed by atoms with E-state index in [2.05, 4.69) is 19.2 Å². The summed E-state index contributed by atoms with van der Waals surface area (Å²) < 4.78 is 0. The van der Waals surface area contributed by atoms with Gasteiger partial charge in [-0.15, -0.1) is 0 Å². The van der Waals surface area contributed by atoms with Crippen molar-refractivity contribution in [3.63, 3.8) is 0 Å². The molecule has 0 aliphatic rings. The third kappa shape index (κ3) is 4.45. The van der Waals surface area contributed by atoms with Crippen molar-refractivity contribution in [1.29, 1.82) is 0 Å². The zero-order valence-corrected chi connectivity index (χ0v) is 11.8. The number of nitrogens with zero attached hydrogens (tertiary/aromatic N) is 1. The number of thiocarbonyl (C=S) groups is 1. The zero-order valence-electron chi connectivity index (χ0n) is 11.0. The number of carbonyl (C=O) groups is 1. The van der Waals surface area contributed by atoms with Crippen LogP contribution in [0, 0.1) is 0 Å². The summed E-state index contributed by atoms with van der Waals surface area (Å²) >= 11 is 5.28. The third-order valence-corrected chi connectivity index (χ3v) is 2.89. The number of rotatable bonds is 5. The standard InChI is InChI=1S/C14H20N2OS/c1-3-10-16(11-4-2)14(18)15-13(17)12-8-6-5-7-9-12/h5-9H,3-4,10-11H2,1-2H3,(H,15,17,18). The summed E-state index contributed by atoms with van der Waals surface area (Å²) in [7, 11) is 0. The maximum absolute atomic E-state index is 11.9. The van der Waals surface area contributed by atoms with E-state index in [0.717, 1.165) is 25.9 Å². The summed E-state index contributed by atoms with van der Waals surface area (Å²) in [5, 5.41) is 3.31. The molecule has 0 radical (unpaired) electrons. The minimum atomic E-state index is -0.141. The smallest absolute Gasteiger partial charge is 0.257 e. The fraction of sp³-hybridized carbons (Fsp3) is 0.429. The molecular formula is C14H20N2OS. The molecule has 1 N–H and O–H groups in total. The van der Waals surface area contributed by atoms with Crippen molar-refractivity contribution in [2.75, 3.05) is 13.1 Å². The Balaban J connectivity index is 2.60. The van der Waals surface area contributed by atoms with Crippen LogP contribution >= 0.6 is 12.2 Å². The molecule has 1 aromatic carbocycles. The van der Waals surface area contributed by atoms with Crippen LogP contribution in [0.5, 0.6) is 0 Å². The minimum Gasteiger partial charge on any atom is -0.349 e. The lowest BCUT2D eigenvalue weighted by Gasteiger charge is -2.24. The van der Waals surface area contributed by atoms with Crippen molar-refractivity contribution in [2.45, 2.75) is 26.7 Å². The normalized spacial score (nSPS) is 9.89. The van der Waals surface area contributed by atoms with Gasteiger partial charge in [0, 0.05) is 18.7 Å². The van der Waals surface area contributed by atoms with E-state index < -0.39 is 0 Å². The molecule has 4 heteroatoms. The van der Waals surface area contributed by atoms with E-state index in [1.807, 2.05) is 23.1 Å². The maximum Gasteiger partial charge on any atom is 0.257 e. The molecule has 0 saturated carbocycles. The van der Waals surface area contributed by atoms with E-state index in [1.165, 1.54) is 0 Å². The first kappa shape index (κ1) is 14.6. The van der Waals surface area contributed by atoms with Gasteiger partial charge in [-0.3, -0.25) is 10.1 Å². The first-order chi connectivity index (χ1) is 8.69. The van der Waals surface area contributed by atoms with Gasteiger partial charge in [-0.05, 0) is 37.2 Å². The highest BCUT2D eigenvalue weighted by Gasteiger charge is 2.12. The molecular weight excluding hydrogens is 244 g/mol. The Hall–Kier alpha value is -1.42. The fourth-order valence-corrected chi connectivity index (χ4v) is 1.97. The predicted octanol–water partition coefficient (Wildman–Crippen LogP) is 2.82. The molecule has 0 fully saturated rings. The van der Waals surface area contributed by atoms with Crippen LogP contribution in [-0.4, -0.2) is 29.0 Å². The number of benzene rings is 1. The molecule has 0 aliphatic heterocycles. The maximum atomic E-state index is 11.9. The van der Waals surface area contributed by atoms with Gasteiger partial charge in [0.05, 0.1) is 0 Å². The molecule has 18 heavy (non-hydrogen) atoms. The van der Waals surface area contributed by atoms with Gasteiger partial charge in [0.2, 0.25) is 0 Å². The summed E-state index contributed by atoms with van der Waals surface area (Å²) in [5.74, 6) is -0.141. The van der Waals surface area contributed by atoms with E-state index in [-0.39, 0.29) is 5.91 Å². The van der Waals surface area contributed by atoms with Gasteiger partial charge in [-0.25, -0.2) is 0 Å². The molecule has 1 rings (SSSR count). The molecule has 0 atom stereocenters. The van der Waals surface area contributed by atoms with Gasteiger partial charge < -0.3 is 4.90 Å². The Morgan fingerprint density at radius 3 is 2.22 bits per heavy atom. The second-order valence-electron chi connectivity index (χ2n) is 4.11. The lowest BCUT2D eigenvalue weighted by molar-refractivity contribution is 0.0973. The lowest BCUT2D eigenvalue weighted by Crippen LogP contribution is -2.43. The molecule has 0 saturated heterocycles. The van der Waals surface area contributed by atoms with Crippen molar-refractivity contribution < 1.29 is 4.79 Å². The Bertz CT molecular complexity index is 386. The highest BCUT2D eigenvalue weighted by atomic mass is 32.1. The van der Waals surface area contributed by atoms with Crippen LogP contribution in [0.4, 0.5) is 0 Å². The van der Waals surface area contributed by atoms with Crippen LogP contribution in [0.3, 0.4) is 0 Å². The predicted molar refractivity (Wildman–Crippen MR) is 78.7 cm³/mol. The van der Waals surface area contributed by atoms with E-state index in [1.54, 1.807) is 12.1 Å². The van der Waals surface area contributed by atoms with Gasteiger partial charge in [-0.2, -0.15) is 0 Å². The van der Waals surface area contributed by atoms with Crippen molar-refractivity contribution >= 4 is 23.2 Å². The first-order valence-corrected chi connectivity index (χ1v) is 6.75. The van der Waals surface area contributed by atoms with Crippen LogP contribution in [-0.2, 0) is 0 Å². The minimum absolute atomic E-state index is 0.141. The largest absolute Gasteiger partial charge is 0.349 e. The summed E-state index contributed by atoms with van der Waals surface area (Å²) in [6.45, 7) is 5.96. The van der Waals surface area contributed by atoms with E-state index in [4.69, 9.17) is 12.2 Å². The van der Waals surface area contributed by atoms with Gasteiger partial charge in [0.15, 0.2) is 5.11 Å². The molecule has 0 aromatic heterocycles. The van der Waals surface area contributed by atoms with Crippen LogP contribution < -0.4 is 5.32 Å². The highest BCUT2D eigenvalue weighted by molar-refractivity contribution is 7.80. The Kier molecular flexibility index (Phi) is 6.36. The van der Waals surface area contributed by atoms with Crippen molar-refractivity contribution in [1.82, 2.24) is 10.2 Å². The van der Waals surface area contributed by atoms with Crippen molar-refractivity contribution in [3.8, 4) is 0 Å². The Morgan fingerprint density at radius 1 is 1.17 bits per heavy atom. The van der Waals surface area contributed by atoms with Gasteiger partial charge in [0.25, 0.3) is 5.91 Å². The molecule has 1 aromatic rings. The van der Waals surface area contributed by atoms with Crippen LogP contribution in [0.2, 0.25) is 0 Å². The summed E-state index contributed by atoms with van der Waals surface area (Å²) in [4.78, 5) is 14.0. The SMILES string of the molecule is CCCN(CCC)C(=S)NC(=O)c1ccccc1. The molecule has 0 heterocycles. The first-order valence-electron chi connectivity index (χ1n) is 6.34. The summed E-state index contributed by atoms with van der Waals surface area (Å²) in [6.07, 6.45) is 2.03. The van der Waals surface area contributed by atoms with E-state index in [0.29, 0.717) is 10.7 Å². The van der Waals surface area contributed by atoms with E-state index >= 15 is 0 Å². The second-order valence-corrected chi connectivity index (χ2v) is 4.50. The number of nitrogens with one attached hydrogen (secondary N) is 1. The Labute approximate surface area is 114 Å². The van der Waals surface area contributed by atoms with Crippen LogP contribution in [0.15, 0.2) is 30.3 Å². The van der Waals surface area contributed by atoms with E-state index in [9.17, 15) is 4.79 Å². The van der Waals surface area contributed by atoms with Crippen molar-refractivity contribution in [3.05, 3.63) is 35.9 Å². The monoisotopic (exact) mass is 264 g/mol. The zero-order chi connectivity index (χ0) is 13.4. The third-order valence-electron chi connectivity index (χ3n) is 2.53. The quantitative estimate of drug-likeness (QED) is 0.830. The molecule has 0 bridgehead atoms. The lowest BCUT2D eigenvalue weighted by atomic mass is 10.2. The van der Waals surface area contributed by atoms with Crippen molar-refractivity contribution in [2.24, 2.45) is 0 Å². The molecule has 3 nitrogen and oxygen atoms in total. The molecule has 0 unspecified atom stereocenters. The van der Waals surface area contributed by atoms with Gasteiger partial charge >= 0.3 is 0 Å². The van der Waals surface area contributed by atoms with Gasteiger partial charge in [-0.1, -0.05) is 32.0 Å². The number of hydrogen-bond donors (Lipinski definition) is 1. The van der Waals surface area contributed by atoms with Crippen LogP contribution in [0.1, 0.15) is 37.0 Å². The molecule has 0 aliphatic carbocycles. The second kappa shape index (κ2) is 7.82. The van der Waals surface area contributed by atoms with Gasteiger partial charge in [0.1, 0.15) is 0 Å². The van der Waals surface area contributed by atoms with Crippen LogP contribution in [0.25, 0.3) is 0 Å². The fourth-order valence-electron chi connectivity index (χ4n) is 1.69. The summed E-state index contributed by atoms with van der Waals surface area (Å²) in [6, 6.07) is 9.13. The Morgan fingerprint density at radius 2 is 1.72 bits per heavy atom. The summed E-state index contributed by atoms with van der Waals surface area (Å²) in [5.41, 5.74) is 0.632. The highest BCUT2D eigenvalue weighted by Crippen LogP contribution is 2.00. The molecule has 0 spiro atoms. The average Bonchev–Trinajstić information content (AvgIpc) is 2.39.